The van der Waals surface area contributed by atoms with Gasteiger partial charge >= 0.3 is 0 Å². The zero-order valence-corrected chi connectivity index (χ0v) is 27.5. The number of carbonyl (C=O) groups excluding carboxylic acids is 1. The van der Waals surface area contributed by atoms with E-state index in [1.54, 1.807) is 12.1 Å². The first-order chi connectivity index (χ1) is 20.6. The minimum absolute atomic E-state index is 0. The average Bonchev–Trinajstić information content (AvgIpc) is 3.47. The van der Waals surface area contributed by atoms with Crippen LogP contribution in [0.2, 0.25) is 0 Å². The highest BCUT2D eigenvalue weighted by Gasteiger charge is 2.22. The molecule has 0 unspecified atom stereocenters. The van der Waals surface area contributed by atoms with Gasteiger partial charge in [-0.2, -0.15) is 15.0 Å². The molecule has 2 fully saturated rings. The molecule has 0 radical (unpaired) electrons. The maximum Gasteiger partial charge on any atom is 0.259 e. The number of aromatic hydroxyl groups is 1. The molecule has 0 saturated carbocycles. The van der Waals surface area contributed by atoms with Crippen molar-refractivity contribution in [3.63, 3.8) is 0 Å². The van der Waals surface area contributed by atoms with Crippen molar-refractivity contribution in [2.24, 2.45) is 0 Å². The molecule has 5 aromatic rings. The second-order valence-electron chi connectivity index (χ2n) is 11.1. The van der Waals surface area contributed by atoms with Crippen LogP contribution in [-0.2, 0) is 0 Å². The van der Waals surface area contributed by atoms with E-state index in [0.29, 0.717) is 22.7 Å². The fourth-order valence-corrected chi connectivity index (χ4v) is 5.92. The van der Waals surface area contributed by atoms with Crippen molar-refractivity contribution < 1.29 is 15.6 Å². The summed E-state index contributed by atoms with van der Waals surface area (Å²) in [6.45, 7) is 3.93. The van der Waals surface area contributed by atoms with Crippen LogP contribution >= 0.6 is 12.4 Å². The van der Waals surface area contributed by atoms with Gasteiger partial charge in [0.2, 0.25) is 11.9 Å². The Morgan fingerprint density at radius 2 is 1.36 bits per heavy atom. The molecule has 0 spiro atoms. The Morgan fingerprint density at radius 3 is 2.04 bits per heavy atom. The van der Waals surface area contributed by atoms with Crippen LogP contribution in [0, 0.1) is 0 Å². The first kappa shape index (κ1) is 38.5. The van der Waals surface area contributed by atoms with Crippen LogP contribution < -0.4 is 45.0 Å². The Hall–Kier alpha value is -4.73. The van der Waals surface area contributed by atoms with E-state index in [9.17, 15) is 9.90 Å². The highest BCUT2D eigenvalue weighted by molar-refractivity contribution is 6.09. The van der Waals surface area contributed by atoms with Crippen molar-refractivity contribution in [3.05, 3.63) is 66.2 Å². The number of aromatic nitrogens is 4. The Labute approximate surface area is 286 Å². The summed E-state index contributed by atoms with van der Waals surface area (Å²) in [5, 5.41) is 18.4. The molecule has 7 rings (SSSR count). The first-order valence-corrected chi connectivity index (χ1v) is 14.8. The molecule has 15 heteroatoms. The van der Waals surface area contributed by atoms with Gasteiger partial charge in [0.05, 0.1) is 5.56 Å². The number of carbonyl (C=O) groups is 1. The fraction of sp³-hybridized carbons (Fsp3) is 0.312. The zero-order chi connectivity index (χ0) is 28.5. The van der Waals surface area contributed by atoms with Gasteiger partial charge in [-0.3, -0.25) is 4.79 Å². The van der Waals surface area contributed by atoms with E-state index >= 15 is 0 Å². The Balaban J connectivity index is -0.00000256. The van der Waals surface area contributed by atoms with Gasteiger partial charge in [0.1, 0.15) is 11.3 Å². The van der Waals surface area contributed by atoms with Gasteiger partial charge in [-0.1, -0.05) is 30.3 Å². The molecule has 4 heterocycles. The minimum Gasteiger partial charge on any atom is -0.506 e. The number of piperidine rings is 2. The van der Waals surface area contributed by atoms with Gasteiger partial charge in [-0.05, 0) is 74.2 Å². The number of halogens is 1. The Morgan fingerprint density at radius 1 is 0.745 bits per heavy atom. The van der Waals surface area contributed by atoms with Crippen LogP contribution in [0.4, 0.5) is 29.1 Å². The lowest BCUT2D eigenvalue weighted by molar-refractivity contribution is 0.102. The number of phenolic OH excluding ortho intramolecular Hbond substituents is 1. The van der Waals surface area contributed by atoms with E-state index in [0.717, 1.165) is 67.4 Å². The molecule has 2 saturated heterocycles. The van der Waals surface area contributed by atoms with Crippen molar-refractivity contribution >= 4 is 69.3 Å². The SMILES string of the molecule is Cl.N.N.N.N.O=C(Nc1ccc(Nc2nc(N3CCCCC3)c3[nH]c(N4CCCCC4)nc3n2)cc1)c1ccc2ccccc2c1O.[HH].[HH].[HH].[HH]. The Kier molecular flexibility index (Phi) is 13.7. The summed E-state index contributed by atoms with van der Waals surface area (Å²) < 4.78 is 0. The van der Waals surface area contributed by atoms with Gasteiger partial charge in [-0.25, -0.2) is 0 Å². The highest BCUT2D eigenvalue weighted by Crippen LogP contribution is 2.31. The van der Waals surface area contributed by atoms with E-state index in [4.69, 9.17) is 15.0 Å². The van der Waals surface area contributed by atoms with E-state index in [2.05, 4.69) is 25.4 Å². The van der Waals surface area contributed by atoms with E-state index in [1.807, 2.05) is 48.5 Å². The lowest BCUT2D eigenvalue weighted by atomic mass is 10.0. The predicted octanol–water partition coefficient (Wildman–Crippen LogP) is 8.24. The molecular weight excluding hydrogens is 620 g/mol. The van der Waals surface area contributed by atoms with Crippen molar-refractivity contribution in [1.82, 2.24) is 44.5 Å². The van der Waals surface area contributed by atoms with E-state index < -0.39 is 0 Å². The summed E-state index contributed by atoms with van der Waals surface area (Å²) in [5.41, 5.74) is 3.18. The Bertz CT molecular complexity index is 1770. The molecule has 262 valence electrons. The normalized spacial score (nSPS) is 14.0. The largest absolute Gasteiger partial charge is 0.506 e. The second-order valence-corrected chi connectivity index (χ2v) is 11.1. The standard InChI is InChI=1S/C32H34N8O2.ClH.4H3N.4H2/c41-27-24-10-4-3-9-21(24)11-16-25(27)30(42)33-22-12-14-23(15-13-22)34-31-36-28-26(29(38-31)39-17-5-1-6-18-39)35-32(37-28)40-19-7-2-8-20-40;;;;;;;;;/h3-4,9-16,41H,1-2,5-8,17-20H2,(H,33,42)(H2,34,35,36,37,38);1H;4*1H3;4*1H. The number of amides is 1. The van der Waals surface area contributed by atoms with Crippen LogP contribution in [0.3, 0.4) is 0 Å². The van der Waals surface area contributed by atoms with E-state index in [-0.39, 0.29) is 59.9 Å². The molecule has 2 aliphatic rings. The number of H-pyrrole nitrogens is 1. The molecule has 0 aliphatic carbocycles. The summed E-state index contributed by atoms with van der Waals surface area (Å²) in [6.07, 6.45) is 7.14. The van der Waals surface area contributed by atoms with E-state index in [1.165, 1.54) is 25.7 Å². The second kappa shape index (κ2) is 16.7. The highest BCUT2D eigenvalue weighted by atomic mass is 35.5. The quantitative estimate of drug-likeness (QED) is 0.0846. The number of fused-ring (bicyclic) bond motifs is 2. The summed E-state index contributed by atoms with van der Waals surface area (Å²) in [6, 6.07) is 18.3. The third-order valence-electron chi connectivity index (χ3n) is 8.17. The smallest absolute Gasteiger partial charge is 0.259 e. The number of phenols is 1. The number of rotatable bonds is 6. The molecular formula is C32H55ClN12O2. The molecule has 3 aromatic carbocycles. The number of hydrogen-bond acceptors (Lipinski definition) is 12. The number of hydrogen-bond donors (Lipinski definition) is 8. The first-order valence-electron chi connectivity index (χ1n) is 14.8. The van der Waals surface area contributed by atoms with Gasteiger partial charge in [0.25, 0.3) is 5.91 Å². The zero-order valence-electron chi connectivity index (χ0n) is 26.7. The van der Waals surface area contributed by atoms with Crippen molar-refractivity contribution in [2.75, 3.05) is 46.6 Å². The maximum atomic E-state index is 13.0. The number of nitrogens with one attached hydrogen (secondary N) is 3. The topological polar surface area (TPSA) is 262 Å². The lowest BCUT2D eigenvalue weighted by Gasteiger charge is -2.28. The molecule has 14 nitrogen and oxygen atoms in total. The van der Waals surface area contributed by atoms with Gasteiger partial charge in [-0.15, -0.1) is 12.4 Å². The fourth-order valence-electron chi connectivity index (χ4n) is 5.92. The molecule has 1 amide bonds. The predicted molar refractivity (Wildman–Crippen MR) is 203 cm³/mol. The molecule has 47 heavy (non-hydrogen) atoms. The maximum absolute atomic E-state index is 13.0. The van der Waals surface area contributed by atoms with Crippen molar-refractivity contribution in [1.29, 1.82) is 0 Å². The number of aromatic amines is 1. The number of nitrogens with zero attached hydrogens (tertiary/aromatic N) is 5. The van der Waals surface area contributed by atoms with Crippen LogP contribution in [0.25, 0.3) is 21.9 Å². The minimum atomic E-state index is -0.373. The summed E-state index contributed by atoms with van der Waals surface area (Å²) >= 11 is 0. The monoisotopic (exact) mass is 674 g/mol. The third kappa shape index (κ3) is 7.99. The average molecular weight is 675 g/mol. The summed E-state index contributed by atoms with van der Waals surface area (Å²) in [5.74, 6) is 1.84. The third-order valence-corrected chi connectivity index (χ3v) is 8.17. The van der Waals surface area contributed by atoms with Gasteiger partial charge in [0, 0.05) is 48.6 Å². The number of benzene rings is 3. The summed E-state index contributed by atoms with van der Waals surface area (Å²) in [4.78, 5) is 35.7. The van der Waals surface area contributed by atoms with Gasteiger partial charge < -0.3 is 55.1 Å². The van der Waals surface area contributed by atoms with Crippen LogP contribution in [0.15, 0.2) is 60.7 Å². The van der Waals surface area contributed by atoms with Crippen LogP contribution in [0.5, 0.6) is 5.75 Å². The van der Waals surface area contributed by atoms with Gasteiger partial charge in [0.15, 0.2) is 11.5 Å². The summed E-state index contributed by atoms with van der Waals surface area (Å²) in [7, 11) is 0. The number of imidazole rings is 1. The molecule has 2 aliphatic heterocycles. The molecule has 2 aromatic heterocycles. The van der Waals surface area contributed by atoms with Crippen molar-refractivity contribution in [2.45, 2.75) is 38.5 Å². The molecule has 0 bridgehead atoms. The molecule has 0 atom stereocenters. The molecule has 16 N–H and O–H groups in total. The van der Waals surface area contributed by atoms with Crippen LogP contribution in [-0.4, -0.2) is 57.1 Å². The van der Waals surface area contributed by atoms with Crippen molar-refractivity contribution in [3.8, 4) is 5.75 Å². The lowest BCUT2D eigenvalue weighted by Crippen LogP contribution is -2.31. The number of anilines is 5. The van der Waals surface area contributed by atoms with Crippen LogP contribution in [0.1, 0.15) is 54.6 Å².